The van der Waals surface area contributed by atoms with Crippen LogP contribution in [0.1, 0.15) is 29.2 Å². The first kappa shape index (κ1) is 21.7. The zero-order chi connectivity index (χ0) is 22.5. The molecule has 1 heterocycles. The molecule has 162 valence electrons. The number of cyclic esters (lactones) is 1. The maximum Gasteiger partial charge on any atom is 0.363 e. The Morgan fingerprint density at radius 2 is 1.84 bits per heavy atom. The van der Waals surface area contributed by atoms with E-state index in [1.54, 1.807) is 24.3 Å². The van der Waals surface area contributed by atoms with Crippen molar-refractivity contribution < 1.29 is 19.0 Å². The molecule has 0 fully saturated rings. The number of carbonyl (C=O) groups excluding carboxylic acids is 1. The third kappa shape index (κ3) is 5.01. The molecule has 1 aliphatic heterocycles. The Hall–Kier alpha value is -3.57. The van der Waals surface area contributed by atoms with Crippen molar-refractivity contribution in [2.24, 2.45) is 4.99 Å². The largest absolute Gasteiger partial charge is 0.490 e. The standard InChI is InChI=1S/C26H22ClNO4/c1-3-30-24-15-18(11-12-23(24)31-16-19-8-6-7-17(2)13-19)14-22-26(29)32-25(28-22)20-9-4-5-10-21(20)27/h4-15H,3,16H2,1-2H3/b22-14-. The lowest BCUT2D eigenvalue weighted by Crippen LogP contribution is -2.05. The summed E-state index contributed by atoms with van der Waals surface area (Å²) in [5.41, 5.74) is 3.76. The van der Waals surface area contributed by atoms with Crippen LogP contribution in [-0.2, 0) is 16.1 Å². The van der Waals surface area contributed by atoms with Gasteiger partial charge in [-0.1, -0.05) is 59.6 Å². The third-order valence-corrected chi connectivity index (χ3v) is 5.10. The molecule has 1 aliphatic rings. The Kier molecular flexibility index (Phi) is 6.57. The van der Waals surface area contributed by atoms with Crippen LogP contribution in [0, 0.1) is 6.92 Å². The molecule has 3 aromatic carbocycles. The van der Waals surface area contributed by atoms with Gasteiger partial charge in [0.2, 0.25) is 5.90 Å². The van der Waals surface area contributed by atoms with Gasteiger partial charge in [-0.3, -0.25) is 0 Å². The average Bonchev–Trinajstić information content (AvgIpc) is 3.13. The van der Waals surface area contributed by atoms with E-state index in [0.717, 1.165) is 11.1 Å². The lowest BCUT2D eigenvalue weighted by atomic mass is 10.1. The zero-order valence-electron chi connectivity index (χ0n) is 17.8. The fraction of sp³-hybridized carbons (Fsp3) is 0.154. The van der Waals surface area contributed by atoms with Crippen LogP contribution in [0.4, 0.5) is 0 Å². The summed E-state index contributed by atoms with van der Waals surface area (Å²) >= 11 is 6.19. The van der Waals surface area contributed by atoms with E-state index in [1.165, 1.54) is 5.56 Å². The number of hydrogen-bond donors (Lipinski definition) is 0. The van der Waals surface area contributed by atoms with Gasteiger partial charge in [0.05, 0.1) is 17.2 Å². The number of esters is 1. The quantitative estimate of drug-likeness (QED) is 0.330. The summed E-state index contributed by atoms with van der Waals surface area (Å²) in [5, 5.41) is 0.467. The molecule has 0 aliphatic carbocycles. The number of nitrogens with zero attached hydrogens (tertiary/aromatic N) is 1. The van der Waals surface area contributed by atoms with Crippen molar-refractivity contribution in [1.82, 2.24) is 0 Å². The number of hydrogen-bond acceptors (Lipinski definition) is 5. The summed E-state index contributed by atoms with van der Waals surface area (Å²) < 4.78 is 17.1. The van der Waals surface area contributed by atoms with E-state index >= 15 is 0 Å². The molecule has 0 unspecified atom stereocenters. The highest BCUT2D eigenvalue weighted by molar-refractivity contribution is 6.34. The van der Waals surface area contributed by atoms with Gasteiger partial charge in [0.25, 0.3) is 0 Å². The average molecular weight is 448 g/mol. The van der Waals surface area contributed by atoms with Crippen molar-refractivity contribution in [2.45, 2.75) is 20.5 Å². The second-order valence-corrected chi connectivity index (χ2v) is 7.64. The molecule has 5 nitrogen and oxygen atoms in total. The molecule has 3 aromatic rings. The minimum Gasteiger partial charge on any atom is -0.490 e. The summed E-state index contributed by atoms with van der Waals surface area (Å²) in [6.45, 7) is 4.87. The molecule has 0 bridgehead atoms. The number of benzene rings is 3. The summed E-state index contributed by atoms with van der Waals surface area (Å²) in [4.78, 5) is 16.7. The normalized spacial score (nSPS) is 14.3. The minimum atomic E-state index is -0.530. The van der Waals surface area contributed by atoms with Crippen LogP contribution in [-0.4, -0.2) is 18.5 Å². The van der Waals surface area contributed by atoms with E-state index in [0.29, 0.717) is 35.3 Å². The van der Waals surface area contributed by atoms with Crippen molar-refractivity contribution in [3.05, 3.63) is 99.7 Å². The predicted molar refractivity (Wildman–Crippen MR) is 125 cm³/mol. The summed E-state index contributed by atoms with van der Waals surface area (Å²) in [5.74, 6) is 0.883. The number of ether oxygens (including phenoxy) is 3. The zero-order valence-corrected chi connectivity index (χ0v) is 18.6. The highest BCUT2D eigenvalue weighted by Gasteiger charge is 2.25. The Bertz CT molecular complexity index is 1220. The minimum absolute atomic E-state index is 0.190. The van der Waals surface area contributed by atoms with Gasteiger partial charge < -0.3 is 14.2 Å². The maximum absolute atomic E-state index is 12.3. The molecule has 0 amide bonds. The lowest BCUT2D eigenvalue weighted by molar-refractivity contribution is -0.129. The molecule has 0 spiro atoms. The fourth-order valence-electron chi connectivity index (χ4n) is 3.28. The fourth-order valence-corrected chi connectivity index (χ4v) is 3.50. The van der Waals surface area contributed by atoms with Gasteiger partial charge >= 0.3 is 5.97 Å². The second kappa shape index (κ2) is 9.71. The summed E-state index contributed by atoms with van der Waals surface area (Å²) in [7, 11) is 0. The van der Waals surface area contributed by atoms with Gasteiger partial charge in [-0.05, 0) is 55.3 Å². The van der Waals surface area contributed by atoms with Gasteiger partial charge in [0.1, 0.15) is 6.61 Å². The Labute approximate surface area is 191 Å². The Morgan fingerprint density at radius 3 is 2.62 bits per heavy atom. The predicted octanol–water partition coefficient (Wildman–Crippen LogP) is 5.97. The van der Waals surface area contributed by atoms with Gasteiger partial charge in [-0.25, -0.2) is 9.79 Å². The van der Waals surface area contributed by atoms with Crippen LogP contribution in [0.2, 0.25) is 5.02 Å². The molecule has 0 aromatic heterocycles. The van der Waals surface area contributed by atoms with Crippen LogP contribution >= 0.6 is 11.6 Å². The molecule has 0 saturated heterocycles. The first-order valence-corrected chi connectivity index (χ1v) is 10.6. The Morgan fingerprint density at radius 1 is 1.00 bits per heavy atom. The van der Waals surface area contributed by atoms with Crippen molar-refractivity contribution in [1.29, 1.82) is 0 Å². The maximum atomic E-state index is 12.3. The van der Waals surface area contributed by atoms with Gasteiger partial charge in [0, 0.05) is 0 Å². The number of aryl methyl sites for hydroxylation is 1. The first-order chi connectivity index (χ1) is 15.5. The van der Waals surface area contributed by atoms with Crippen LogP contribution in [0.3, 0.4) is 0 Å². The van der Waals surface area contributed by atoms with E-state index in [2.05, 4.69) is 11.1 Å². The van der Waals surface area contributed by atoms with Crippen LogP contribution in [0.25, 0.3) is 6.08 Å². The number of halogens is 1. The van der Waals surface area contributed by atoms with E-state index in [1.807, 2.05) is 56.3 Å². The van der Waals surface area contributed by atoms with E-state index in [9.17, 15) is 4.79 Å². The highest BCUT2D eigenvalue weighted by Crippen LogP contribution is 2.31. The van der Waals surface area contributed by atoms with Gasteiger partial charge in [-0.15, -0.1) is 0 Å². The number of carbonyl (C=O) groups is 1. The molecule has 6 heteroatoms. The highest BCUT2D eigenvalue weighted by atomic mass is 35.5. The summed E-state index contributed by atoms with van der Waals surface area (Å²) in [6, 6.07) is 20.7. The molecule has 0 N–H and O–H groups in total. The molecule has 32 heavy (non-hydrogen) atoms. The third-order valence-electron chi connectivity index (χ3n) is 4.77. The van der Waals surface area contributed by atoms with E-state index in [4.69, 9.17) is 25.8 Å². The molecular weight excluding hydrogens is 426 g/mol. The van der Waals surface area contributed by atoms with Crippen LogP contribution in [0.5, 0.6) is 11.5 Å². The Balaban J connectivity index is 1.57. The smallest absolute Gasteiger partial charge is 0.363 e. The first-order valence-electron chi connectivity index (χ1n) is 10.3. The molecule has 0 saturated carbocycles. The molecule has 4 rings (SSSR count). The summed E-state index contributed by atoms with van der Waals surface area (Å²) in [6.07, 6.45) is 1.65. The SMILES string of the molecule is CCOc1cc(/C=C2\N=C(c3ccccc3Cl)OC2=O)ccc1OCc1cccc(C)c1. The topological polar surface area (TPSA) is 57.1 Å². The van der Waals surface area contributed by atoms with Crippen LogP contribution < -0.4 is 9.47 Å². The van der Waals surface area contributed by atoms with E-state index in [-0.39, 0.29) is 11.6 Å². The van der Waals surface area contributed by atoms with Crippen molar-refractivity contribution in [3.63, 3.8) is 0 Å². The number of rotatable bonds is 7. The lowest BCUT2D eigenvalue weighted by Gasteiger charge is -2.13. The monoisotopic (exact) mass is 447 g/mol. The van der Waals surface area contributed by atoms with Crippen molar-refractivity contribution in [2.75, 3.05) is 6.61 Å². The number of aliphatic imine (C=N–C) groups is 1. The van der Waals surface area contributed by atoms with Gasteiger partial charge in [0.15, 0.2) is 17.2 Å². The van der Waals surface area contributed by atoms with E-state index < -0.39 is 5.97 Å². The molecule has 0 radical (unpaired) electrons. The molecule has 0 atom stereocenters. The van der Waals surface area contributed by atoms with Crippen molar-refractivity contribution in [3.8, 4) is 11.5 Å². The second-order valence-electron chi connectivity index (χ2n) is 7.23. The van der Waals surface area contributed by atoms with Crippen molar-refractivity contribution >= 4 is 29.5 Å². The van der Waals surface area contributed by atoms with Crippen LogP contribution in [0.15, 0.2) is 77.4 Å². The molecular formula is C26H22ClNO4. The van der Waals surface area contributed by atoms with Gasteiger partial charge in [-0.2, -0.15) is 0 Å².